The van der Waals surface area contributed by atoms with Gasteiger partial charge in [0.05, 0.1) is 0 Å². The molecule has 1 aliphatic heterocycles. The van der Waals surface area contributed by atoms with Gasteiger partial charge in [-0.05, 0) is 44.3 Å². The van der Waals surface area contributed by atoms with Crippen LogP contribution in [-0.4, -0.2) is 18.9 Å². The van der Waals surface area contributed by atoms with E-state index < -0.39 is 0 Å². The third kappa shape index (κ3) is 3.97. The third-order valence-electron chi connectivity index (χ3n) is 3.46. The summed E-state index contributed by atoms with van der Waals surface area (Å²) >= 11 is 0. The van der Waals surface area contributed by atoms with E-state index in [1.165, 1.54) is 5.56 Å². The van der Waals surface area contributed by atoms with Crippen molar-refractivity contribution < 1.29 is 4.79 Å². The van der Waals surface area contributed by atoms with Gasteiger partial charge >= 0.3 is 0 Å². The summed E-state index contributed by atoms with van der Waals surface area (Å²) in [4.78, 5) is 12.0. The second-order valence-corrected chi connectivity index (χ2v) is 5.10. The van der Waals surface area contributed by atoms with Gasteiger partial charge in [-0.2, -0.15) is 0 Å². The number of carbonyl (C=O) groups is 1. The van der Waals surface area contributed by atoms with Gasteiger partial charge in [0.1, 0.15) is 5.78 Å². The number of piperidine rings is 1. The summed E-state index contributed by atoms with van der Waals surface area (Å²) in [6.45, 7) is 4.21. The molecule has 1 saturated heterocycles. The summed E-state index contributed by atoms with van der Waals surface area (Å²) in [6.07, 6.45) is 3.67. The zero-order chi connectivity index (χ0) is 12.1. The first-order valence-corrected chi connectivity index (χ1v) is 6.52. The molecule has 17 heavy (non-hydrogen) atoms. The monoisotopic (exact) mass is 231 g/mol. The van der Waals surface area contributed by atoms with Crippen LogP contribution in [0.3, 0.4) is 0 Å². The normalized spacial score (nSPS) is 17.0. The van der Waals surface area contributed by atoms with Gasteiger partial charge in [-0.15, -0.1) is 0 Å². The fourth-order valence-electron chi connectivity index (χ4n) is 2.53. The van der Waals surface area contributed by atoms with Gasteiger partial charge in [-0.1, -0.05) is 29.8 Å². The van der Waals surface area contributed by atoms with Crippen molar-refractivity contribution in [3.63, 3.8) is 0 Å². The maximum absolute atomic E-state index is 12.0. The van der Waals surface area contributed by atoms with E-state index >= 15 is 0 Å². The summed E-state index contributed by atoms with van der Waals surface area (Å²) in [5, 5.41) is 3.33. The minimum Gasteiger partial charge on any atom is -0.317 e. The molecule has 1 fully saturated rings. The molecule has 1 aliphatic rings. The maximum atomic E-state index is 12.0. The molecular weight excluding hydrogens is 210 g/mol. The number of aryl methyl sites for hydroxylation is 1. The van der Waals surface area contributed by atoms with E-state index in [9.17, 15) is 4.79 Å². The molecule has 0 unspecified atom stereocenters. The molecule has 0 spiro atoms. The zero-order valence-corrected chi connectivity index (χ0v) is 10.5. The second kappa shape index (κ2) is 5.97. The van der Waals surface area contributed by atoms with E-state index in [1.54, 1.807) is 0 Å². The Morgan fingerprint density at radius 2 is 2.12 bits per heavy atom. The van der Waals surface area contributed by atoms with Gasteiger partial charge in [0, 0.05) is 12.8 Å². The standard InChI is InChI=1S/C15H21NO/c1-12-3-2-4-14(9-12)11-15(17)10-13-5-7-16-8-6-13/h2-4,9,13,16H,5-8,10-11H2,1H3. The second-order valence-electron chi connectivity index (χ2n) is 5.10. The summed E-state index contributed by atoms with van der Waals surface area (Å²) < 4.78 is 0. The molecule has 1 heterocycles. The summed E-state index contributed by atoms with van der Waals surface area (Å²) in [7, 11) is 0. The van der Waals surface area contributed by atoms with Gasteiger partial charge in [0.2, 0.25) is 0 Å². The van der Waals surface area contributed by atoms with E-state index in [0.29, 0.717) is 18.1 Å². The molecule has 2 heteroatoms. The van der Waals surface area contributed by atoms with Gasteiger partial charge < -0.3 is 5.32 Å². The van der Waals surface area contributed by atoms with E-state index in [0.717, 1.165) is 37.9 Å². The van der Waals surface area contributed by atoms with Crippen molar-refractivity contribution in [1.29, 1.82) is 0 Å². The number of Topliss-reactive ketones (excluding diaryl/α,β-unsaturated/α-hetero) is 1. The van der Waals surface area contributed by atoms with Gasteiger partial charge in [-0.3, -0.25) is 4.79 Å². The first-order valence-electron chi connectivity index (χ1n) is 6.52. The van der Waals surface area contributed by atoms with Gasteiger partial charge in [-0.25, -0.2) is 0 Å². The number of rotatable bonds is 4. The van der Waals surface area contributed by atoms with Crippen molar-refractivity contribution in [2.75, 3.05) is 13.1 Å². The van der Waals surface area contributed by atoms with Crippen LogP contribution in [0.5, 0.6) is 0 Å². The van der Waals surface area contributed by atoms with Crippen LogP contribution in [0, 0.1) is 12.8 Å². The summed E-state index contributed by atoms with van der Waals surface area (Å²) in [6, 6.07) is 8.26. The smallest absolute Gasteiger partial charge is 0.137 e. The fraction of sp³-hybridized carbons (Fsp3) is 0.533. The Morgan fingerprint density at radius 1 is 1.35 bits per heavy atom. The first-order chi connectivity index (χ1) is 8.24. The highest BCUT2D eigenvalue weighted by molar-refractivity contribution is 5.81. The number of benzene rings is 1. The van der Waals surface area contributed by atoms with Crippen LogP contribution in [-0.2, 0) is 11.2 Å². The van der Waals surface area contributed by atoms with Gasteiger partial charge in [0.25, 0.3) is 0 Å². The minimum absolute atomic E-state index is 0.391. The molecular formula is C15H21NO. The highest BCUT2D eigenvalue weighted by atomic mass is 16.1. The lowest BCUT2D eigenvalue weighted by molar-refractivity contribution is -0.119. The Kier molecular flexibility index (Phi) is 4.32. The van der Waals surface area contributed by atoms with Crippen molar-refractivity contribution in [2.45, 2.75) is 32.6 Å². The van der Waals surface area contributed by atoms with E-state index in [-0.39, 0.29) is 0 Å². The number of nitrogens with one attached hydrogen (secondary N) is 1. The Bertz CT molecular complexity index is 380. The number of hydrogen-bond donors (Lipinski definition) is 1. The lowest BCUT2D eigenvalue weighted by Crippen LogP contribution is -2.29. The maximum Gasteiger partial charge on any atom is 0.137 e. The molecule has 0 saturated carbocycles. The molecule has 1 aromatic carbocycles. The van der Waals surface area contributed by atoms with Crippen LogP contribution < -0.4 is 5.32 Å². The largest absolute Gasteiger partial charge is 0.317 e. The van der Waals surface area contributed by atoms with Gasteiger partial charge in [0.15, 0.2) is 0 Å². The highest BCUT2D eigenvalue weighted by Gasteiger charge is 2.16. The molecule has 0 amide bonds. The summed E-state index contributed by atoms with van der Waals surface area (Å²) in [5.74, 6) is 0.996. The fourth-order valence-corrected chi connectivity index (χ4v) is 2.53. The predicted molar refractivity (Wildman–Crippen MR) is 70.1 cm³/mol. The Morgan fingerprint density at radius 3 is 2.82 bits per heavy atom. The average Bonchev–Trinajstić information content (AvgIpc) is 2.30. The number of hydrogen-bond acceptors (Lipinski definition) is 2. The molecule has 1 aromatic rings. The molecule has 0 bridgehead atoms. The quantitative estimate of drug-likeness (QED) is 0.862. The van der Waals surface area contributed by atoms with E-state index in [4.69, 9.17) is 0 Å². The van der Waals surface area contributed by atoms with Crippen molar-refractivity contribution in [1.82, 2.24) is 5.32 Å². The predicted octanol–water partition coefficient (Wildman–Crippen LogP) is 2.50. The van der Waals surface area contributed by atoms with Crippen LogP contribution in [0.1, 0.15) is 30.4 Å². The minimum atomic E-state index is 0.391. The third-order valence-corrected chi connectivity index (χ3v) is 3.46. The molecule has 2 nitrogen and oxygen atoms in total. The Labute approximate surface area is 103 Å². The molecule has 2 rings (SSSR count). The summed E-state index contributed by atoms with van der Waals surface area (Å²) in [5.41, 5.74) is 2.39. The van der Waals surface area contributed by atoms with Crippen molar-refractivity contribution in [3.05, 3.63) is 35.4 Å². The van der Waals surface area contributed by atoms with Crippen molar-refractivity contribution in [2.24, 2.45) is 5.92 Å². The van der Waals surface area contributed by atoms with E-state index in [1.807, 2.05) is 12.1 Å². The molecule has 1 N–H and O–H groups in total. The van der Waals surface area contributed by atoms with Crippen LogP contribution in [0.4, 0.5) is 0 Å². The molecule has 0 aliphatic carbocycles. The molecule has 0 aromatic heterocycles. The average molecular weight is 231 g/mol. The Hall–Kier alpha value is -1.15. The first kappa shape index (κ1) is 12.3. The SMILES string of the molecule is Cc1cccc(CC(=O)CC2CCNCC2)c1. The zero-order valence-electron chi connectivity index (χ0n) is 10.5. The lowest BCUT2D eigenvalue weighted by atomic mass is 9.91. The highest BCUT2D eigenvalue weighted by Crippen LogP contribution is 2.17. The van der Waals surface area contributed by atoms with Crippen LogP contribution in [0.2, 0.25) is 0 Å². The lowest BCUT2D eigenvalue weighted by Gasteiger charge is -2.21. The van der Waals surface area contributed by atoms with Crippen molar-refractivity contribution in [3.8, 4) is 0 Å². The number of carbonyl (C=O) groups excluding carboxylic acids is 1. The van der Waals surface area contributed by atoms with Crippen molar-refractivity contribution >= 4 is 5.78 Å². The van der Waals surface area contributed by atoms with Crippen LogP contribution in [0.25, 0.3) is 0 Å². The van der Waals surface area contributed by atoms with E-state index in [2.05, 4.69) is 24.4 Å². The Balaban J connectivity index is 1.84. The molecule has 0 atom stereocenters. The topological polar surface area (TPSA) is 29.1 Å². The molecule has 92 valence electrons. The number of ketones is 1. The molecule has 0 radical (unpaired) electrons. The van der Waals surface area contributed by atoms with Crippen LogP contribution >= 0.6 is 0 Å². The van der Waals surface area contributed by atoms with Crippen LogP contribution in [0.15, 0.2) is 24.3 Å².